The maximum atomic E-state index is 8.79. The zero-order valence-electron chi connectivity index (χ0n) is 10.9. The SMILES string of the molecule is NC(=NO)c1ccccc1CNCc1ccccc1Br. The minimum Gasteiger partial charge on any atom is -0.409 e. The quantitative estimate of drug-likeness (QED) is 0.341. The molecular formula is C15H16BrN3O. The van der Waals surface area contributed by atoms with E-state index in [1.54, 1.807) is 0 Å². The second-order valence-electron chi connectivity index (χ2n) is 4.34. The number of halogens is 1. The fraction of sp³-hybridized carbons (Fsp3) is 0.133. The summed E-state index contributed by atoms with van der Waals surface area (Å²) < 4.78 is 1.08. The zero-order valence-corrected chi connectivity index (χ0v) is 12.5. The first-order chi connectivity index (χ1) is 9.72. The fourth-order valence-corrected chi connectivity index (χ4v) is 2.38. The number of rotatable bonds is 5. The average Bonchev–Trinajstić information content (AvgIpc) is 2.49. The third kappa shape index (κ3) is 3.59. The van der Waals surface area contributed by atoms with E-state index in [4.69, 9.17) is 10.9 Å². The summed E-state index contributed by atoms with van der Waals surface area (Å²) >= 11 is 3.52. The first kappa shape index (κ1) is 14.6. The molecule has 0 unspecified atom stereocenters. The maximum absolute atomic E-state index is 8.79. The number of amidine groups is 1. The topological polar surface area (TPSA) is 70.6 Å². The van der Waals surface area contributed by atoms with Gasteiger partial charge >= 0.3 is 0 Å². The van der Waals surface area contributed by atoms with Crippen LogP contribution in [0.2, 0.25) is 0 Å². The number of oxime groups is 1. The minimum absolute atomic E-state index is 0.128. The molecule has 0 aromatic heterocycles. The Morgan fingerprint density at radius 3 is 2.35 bits per heavy atom. The summed E-state index contributed by atoms with van der Waals surface area (Å²) in [6, 6.07) is 15.7. The van der Waals surface area contributed by atoms with E-state index in [2.05, 4.69) is 32.5 Å². The lowest BCUT2D eigenvalue weighted by atomic mass is 10.1. The maximum Gasteiger partial charge on any atom is 0.170 e. The van der Waals surface area contributed by atoms with E-state index in [1.807, 2.05) is 42.5 Å². The van der Waals surface area contributed by atoms with Gasteiger partial charge in [-0.1, -0.05) is 63.6 Å². The van der Waals surface area contributed by atoms with Crippen molar-refractivity contribution in [3.63, 3.8) is 0 Å². The van der Waals surface area contributed by atoms with Gasteiger partial charge in [-0.3, -0.25) is 0 Å². The van der Waals surface area contributed by atoms with Crippen molar-refractivity contribution in [1.29, 1.82) is 0 Å². The normalized spacial score (nSPS) is 11.6. The third-order valence-corrected chi connectivity index (χ3v) is 3.76. The van der Waals surface area contributed by atoms with Crippen LogP contribution in [0.15, 0.2) is 58.2 Å². The van der Waals surface area contributed by atoms with Gasteiger partial charge in [0.1, 0.15) is 0 Å². The van der Waals surface area contributed by atoms with Crippen molar-refractivity contribution in [2.24, 2.45) is 10.9 Å². The number of benzene rings is 2. The molecule has 0 aliphatic heterocycles. The molecule has 0 spiro atoms. The molecule has 2 aromatic rings. The summed E-state index contributed by atoms with van der Waals surface area (Å²) in [5.41, 5.74) is 8.60. The van der Waals surface area contributed by atoms with Gasteiger partial charge in [0.05, 0.1) is 0 Å². The van der Waals surface area contributed by atoms with Crippen molar-refractivity contribution in [3.8, 4) is 0 Å². The Bertz CT molecular complexity index is 614. The van der Waals surface area contributed by atoms with Gasteiger partial charge in [0.15, 0.2) is 5.84 Å². The fourth-order valence-electron chi connectivity index (χ4n) is 1.95. The number of hydrogen-bond acceptors (Lipinski definition) is 3. The summed E-state index contributed by atoms with van der Waals surface area (Å²) in [7, 11) is 0. The Hall–Kier alpha value is -1.85. The van der Waals surface area contributed by atoms with Gasteiger partial charge in [-0.25, -0.2) is 0 Å². The molecule has 5 heteroatoms. The molecule has 2 aromatic carbocycles. The van der Waals surface area contributed by atoms with Crippen LogP contribution in [-0.2, 0) is 13.1 Å². The van der Waals surface area contributed by atoms with E-state index >= 15 is 0 Å². The third-order valence-electron chi connectivity index (χ3n) is 2.99. The van der Waals surface area contributed by atoms with Crippen LogP contribution in [0.1, 0.15) is 16.7 Å². The van der Waals surface area contributed by atoms with Crippen LogP contribution in [0.4, 0.5) is 0 Å². The Kier molecular flexibility index (Phi) is 5.15. The molecule has 0 radical (unpaired) electrons. The van der Waals surface area contributed by atoms with Crippen molar-refractivity contribution in [1.82, 2.24) is 5.32 Å². The van der Waals surface area contributed by atoms with Crippen molar-refractivity contribution in [2.45, 2.75) is 13.1 Å². The average molecular weight is 334 g/mol. The van der Waals surface area contributed by atoms with E-state index in [0.717, 1.165) is 22.1 Å². The smallest absolute Gasteiger partial charge is 0.170 e. The first-order valence-corrected chi connectivity index (χ1v) is 7.01. The molecule has 4 nitrogen and oxygen atoms in total. The molecule has 20 heavy (non-hydrogen) atoms. The monoisotopic (exact) mass is 333 g/mol. The van der Waals surface area contributed by atoms with Crippen LogP contribution in [0, 0.1) is 0 Å². The zero-order chi connectivity index (χ0) is 14.4. The molecule has 0 saturated heterocycles. The summed E-state index contributed by atoms with van der Waals surface area (Å²) in [4.78, 5) is 0. The van der Waals surface area contributed by atoms with Crippen LogP contribution in [0.5, 0.6) is 0 Å². The van der Waals surface area contributed by atoms with Gasteiger partial charge in [-0.2, -0.15) is 0 Å². The van der Waals surface area contributed by atoms with Crippen molar-refractivity contribution in [3.05, 3.63) is 69.7 Å². The van der Waals surface area contributed by atoms with Gasteiger partial charge in [0.2, 0.25) is 0 Å². The molecular weight excluding hydrogens is 318 g/mol. The molecule has 0 aliphatic carbocycles. The summed E-state index contributed by atoms with van der Waals surface area (Å²) in [5, 5.41) is 15.2. The highest BCUT2D eigenvalue weighted by molar-refractivity contribution is 9.10. The molecule has 0 bridgehead atoms. The highest BCUT2D eigenvalue weighted by Crippen LogP contribution is 2.16. The largest absolute Gasteiger partial charge is 0.409 e. The standard InChI is InChI=1S/C15H16BrN3O/c16-14-8-4-2-6-12(14)10-18-9-11-5-1-3-7-13(11)15(17)19-20/h1-8,18,20H,9-10H2,(H2,17,19). The second kappa shape index (κ2) is 7.07. The van der Waals surface area contributed by atoms with Gasteiger partial charge < -0.3 is 16.3 Å². The molecule has 0 fully saturated rings. The Morgan fingerprint density at radius 2 is 1.65 bits per heavy atom. The van der Waals surface area contributed by atoms with Crippen LogP contribution in [0.3, 0.4) is 0 Å². The van der Waals surface area contributed by atoms with Gasteiger partial charge in [0.25, 0.3) is 0 Å². The molecule has 104 valence electrons. The Morgan fingerprint density at radius 1 is 1.05 bits per heavy atom. The Balaban J connectivity index is 2.03. The van der Waals surface area contributed by atoms with Crippen LogP contribution in [0.25, 0.3) is 0 Å². The molecule has 0 heterocycles. The van der Waals surface area contributed by atoms with Gasteiger partial charge in [-0.15, -0.1) is 0 Å². The van der Waals surface area contributed by atoms with Crippen LogP contribution in [-0.4, -0.2) is 11.0 Å². The molecule has 0 amide bonds. The lowest BCUT2D eigenvalue weighted by molar-refractivity contribution is 0.318. The number of nitrogens with zero attached hydrogens (tertiary/aromatic N) is 1. The predicted octanol–water partition coefficient (Wildman–Crippen LogP) is 2.83. The summed E-state index contributed by atoms with van der Waals surface area (Å²) in [6.07, 6.45) is 0. The van der Waals surface area contributed by atoms with E-state index < -0.39 is 0 Å². The lowest BCUT2D eigenvalue weighted by Gasteiger charge is -2.10. The van der Waals surface area contributed by atoms with E-state index in [0.29, 0.717) is 6.54 Å². The van der Waals surface area contributed by atoms with E-state index in [9.17, 15) is 0 Å². The minimum atomic E-state index is 0.128. The summed E-state index contributed by atoms with van der Waals surface area (Å²) in [5.74, 6) is 0.128. The number of nitrogens with two attached hydrogens (primary N) is 1. The first-order valence-electron chi connectivity index (χ1n) is 6.22. The molecule has 0 saturated carbocycles. The molecule has 0 aliphatic rings. The van der Waals surface area contributed by atoms with Crippen LogP contribution < -0.4 is 11.1 Å². The predicted molar refractivity (Wildman–Crippen MR) is 83.6 cm³/mol. The number of nitrogens with one attached hydrogen (secondary N) is 1. The lowest BCUT2D eigenvalue weighted by Crippen LogP contribution is -2.19. The van der Waals surface area contributed by atoms with Gasteiger partial charge in [0, 0.05) is 23.1 Å². The van der Waals surface area contributed by atoms with E-state index in [1.165, 1.54) is 5.56 Å². The molecule has 2 rings (SSSR count). The second-order valence-corrected chi connectivity index (χ2v) is 5.19. The molecule has 0 atom stereocenters. The Labute approximate surface area is 126 Å². The highest BCUT2D eigenvalue weighted by Gasteiger charge is 2.06. The molecule has 4 N–H and O–H groups in total. The van der Waals surface area contributed by atoms with Crippen molar-refractivity contribution < 1.29 is 5.21 Å². The summed E-state index contributed by atoms with van der Waals surface area (Å²) in [6.45, 7) is 1.39. The van der Waals surface area contributed by atoms with E-state index in [-0.39, 0.29) is 5.84 Å². The number of hydrogen-bond donors (Lipinski definition) is 3. The highest BCUT2D eigenvalue weighted by atomic mass is 79.9. The van der Waals surface area contributed by atoms with Gasteiger partial charge in [-0.05, 0) is 17.2 Å². The van der Waals surface area contributed by atoms with Crippen LogP contribution >= 0.6 is 15.9 Å². The van der Waals surface area contributed by atoms with Crippen molar-refractivity contribution in [2.75, 3.05) is 0 Å². The van der Waals surface area contributed by atoms with Crippen molar-refractivity contribution >= 4 is 21.8 Å².